The van der Waals surface area contributed by atoms with Gasteiger partial charge in [0.2, 0.25) is 0 Å². The van der Waals surface area contributed by atoms with E-state index in [0.717, 1.165) is 6.42 Å². The van der Waals surface area contributed by atoms with Crippen LogP contribution in [0.5, 0.6) is 0 Å². The van der Waals surface area contributed by atoms with E-state index in [1.165, 1.54) is 0 Å². The largest absolute Gasteiger partial charge is 0.492 e. The molecule has 0 aromatic rings. The molecule has 2 unspecified atom stereocenters. The Morgan fingerprint density at radius 2 is 2.31 bits per heavy atom. The van der Waals surface area contributed by atoms with Crippen LogP contribution in [0, 0.1) is 5.92 Å². The summed E-state index contributed by atoms with van der Waals surface area (Å²) < 4.78 is 18.6. The Hall–Kier alpha value is -0.500. The van der Waals surface area contributed by atoms with Gasteiger partial charge in [-0.2, -0.15) is 0 Å². The molecule has 0 heterocycles. The predicted molar refractivity (Wildman–Crippen MR) is 52.3 cm³/mol. The van der Waals surface area contributed by atoms with Crippen LogP contribution in [0.2, 0.25) is 0 Å². The van der Waals surface area contributed by atoms with Crippen molar-refractivity contribution in [2.45, 2.75) is 26.4 Å². The molecule has 0 fully saturated rings. The lowest BCUT2D eigenvalue weighted by Gasteiger charge is -2.19. The molecule has 0 aliphatic heterocycles. The molecule has 0 aromatic heterocycles. The van der Waals surface area contributed by atoms with Gasteiger partial charge in [0.25, 0.3) is 0 Å². The number of halogens is 2. The third-order valence-electron chi connectivity index (χ3n) is 1.95. The molecule has 0 bridgehead atoms. The third-order valence-corrected chi connectivity index (χ3v) is 2.35. The molecule has 1 nitrogen and oxygen atoms in total. The lowest BCUT2D eigenvalue weighted by atomic mass is 10.0. The van der Waals surface area contributed by atoms with E-state index in [9.17, 15) is 4.39 Å². The average Bonchev–Trinajstić information content (AvgIpc) is 2.13. The second-order valence-electron chi connectivity index (χ2n) is 3.18. The van der Waals surface area contributed by atoms with Crippen LogP contribution in [0.25, 0.3) is 0 Å². The molecule has 1 aliphatic rings. The van der Waals surface area contributed by atoms with Crippen LogP contribution in [0.4, 0.5) is 4.39 Å². The summed E-state index contributed by atoms with van der Waals surface area (Å²) in [6, 6.07) is 0. The predicted octanol–water partition coefficient (Wildman–Crippen LogP) is 3.41. The van der Waals surface area contributed by atoms with Crippen molar-refractivity contribution in [3.63, 3.8) is 0 Å². The highest BCUT2D eigenvalue weighted by Gasteiger charge is 2.24. The van der Waals surface area contributed by atoms with Crippen LogP contribution >= 0.6 is 11.6 Å². The zero-order valence-corrected chi connectivity index (χ0v) is 8.64. The number of allylic oxidation sites excluding steroid dienone is 3. The summed E-state index contributed by atoms with van der Waals surface area (Å²) in [6.07, 6.45) is 3.31. The van der Waals surface area contributed by atoms with Crippen molar-refractivity contribution < 1.29 is 9.13 Å². The average molecular weight is 205 g/mol. The smallest absolute Gasteiger partial charge is 0.145 e. The summed E-state index contributed by atoms with van der Waals surface area (Å²) in [5.74, 6) is 0.329. The molecular formula is C10H14ClFO. The minimum Gasteiger partial charge on any atom is -0.492 e. The van der Waals surface area contributed by atoms with Gasteiger partial charge < -0.3 is 4.74 Å². The summed E-state index contributed by atoms with van der Waals surface area (Å²) in [5, 5.41) is 0.198. The maximum atomic E-state index is 13.3. The second kappa shape index (κ2) is 4.66. The first-order chi connectivity index (χ1) is 6.16. The van der Waals surface area contributed by atoms with Gasteiger partial charge in [-0.1, -0.05) is 31.5 Å². The molecule has 0 N–H and O–H groups in total. The van der Waals surface area contributed by atoms with Crippen molar-refractivity contribution in [3.05, 3.63) is 22.9 Å². The van der Waals surface area contributed by atoms with Gasteiger partial charge in [0.15, 0.2) is 0 Å². The van der Waals surface area contributed by atoms with Crippen molar-refractivity contribution in [2.24, 2.45) is 5.92 Å². The van der Waals surface area contributed by atoms with Crippen molar-refractivity contribution >= 4 is 11.6 Å². The fourth-order valence-corrected chi connectivity index (χ4v) is 1.43. The fraction of sp³-hybridized carbons (Fsp3) is 0.600. The minimum absolute atomic E-state index is 0.151. The molecule has 0 aromatic carbocycles. The van der Waals surface area contributed by atoms with E-state index in [0.29, 0.717) is 12.4 Å². The SMILES string of the molecule is CCCOC1=C(Cl)C(F)C(C)C=C1. The molecule has 1 rings (SSSR count). The quantitative estimate of drug-likeness (QED) is 0.685. The molecule has 0 spiro atoms. The van der Waals surface area contributed by atoms with Crippen LogP contribution < -0.4 is 0 Å². The highest BCUT2D eigenvalue weighted by atomic mass is 35.5. The highest BCUT2D eigenvalue weighted by Crippen LogP contribution is 2.29. The first-order valence-electron chi connectivity index (χ1n) is 4.51. The summed E-state index contributed by atoms with van der Waals surface area (Å²) in [6.45, 7) is 4.37. The normalized spacial score (nSPS) is 28.0. The number of hydrogen-bond donors (Lipinski definition) is 0. The van der Waals surface area contributed by atoms with Crippen LogP contribution in [-0.4, -0.2) is 12.8 Å². The summed E-state index contributed by atoms with van der Waals surface area (Å²) in [7, 11) is 0. The van der Waals surface area contributed by atoms with Crippen molar-refractivity contribution in [1.29, 1.82) is 0 Å². The lowest BCUT2D eigenvalue weighted by Crippen LogP contribution is -2.16. The number of alkyl halides is 1. The number of hydrogen-bond acceptors (Lipinski definition) is 1. The van der Waals surface area contributed by atoms with Gasteiger partial charge in [-0.15, -0.1) is 0 Å². The second-order valence-corrected chi connectivity index (χ2v) is 3.59. The van der Waals surface area contributed by atoms with Gasteiger partial charge in [-0.25, -0.2) is 4.39 Å². The summed E-state index contributed by atoms with van der Waals surface area (Å²) in [5.41, 5.74) is 0. The molecule has 74 valence electrons. The van der Waals surface area contributed by atoms with Gasteiger partial charge in [0.05, 0.1) is 11.6 Å². The maximum absolute atomic E-state index is 13.3. The highest BCUT2D eigenvalue weighted by molar-refractivity contribution is 6.30. The Balaban J connectivity index is 2.67. The molecule has 0 saturated heterocycles. The summed E-state index contributed by atoms with van der Waals surface area (Å²) >= 11 is 5.79. The molecule has 0 saturated carbocycles. The Morgan fingerprint density at radius 3 is 2.92 bits per heavy atom. The Morgan fingerprint density at radius 1 is 1.62 bits per heavy atom. The molecule has 0 radical (unpaired) electrons. The van der Waals surface area contributed by atoms with E-state index < -0.39 is 6.17 Å². The summed E-state index contributed by atoms with van der Waals surface area (Å²) in [4.78, 5) is 0. The van der Waals surface area contributed by atoms with Crippen LogP contribution in [-0.2, 0) is 4.74 Å². The van der Waals surface area contributed by atoms with Gasteiger partial charge >= 0.3 is 0 Å². The van der Waals surface area contributed by atoms with Gasteiger partial charge in [0.1, 0.15) is 11.9 Å². The van der Waals surface area contributed by atoms with Crippen LogP contribution in [0.3, 0.4) is 0 Å². The molecule has 13 heavy (non-hydrogen) atoms. The lowest BCUT2D eigenvalue weighted by molar-refractivity contribution is 0.209. The topological polar surface area (TPSA) is 9.23 Å². The van der Waals surface area contributed by atoms with Crippen molar-refractivity contribution in [1.82, 2.24) is 0 Å². The maximum Gasteiger partial charge on any atom is 0.145 e. The van der Waals surface area contributed by atoms with Crippen molar-refractivity contribution in [3.8, 4) is 0 Å². The third kappa shape index (κ3) is 2.47. The van der Waals surface area contributed by atoms with Gasteiger partial charge in [-0.3, -0.25) is 0 Å². The Labute approximate surface area is 83.2 Å². The van der Waals surface area contributed by atoms with E-state index in [2.05, 4.69) is 0 Å². The Kier molecular flexibility index (Phi) is 3.79. The zero-order chi connectivity index (χ0) is 9.84. The zero-order valence-electron chi connectivity index (χ0n) is 7.89. The molecule has 2 atom stereocenters. The van der Waals surface area contributed by atoms with Gasteiger partial charge in [-0.05, 0) is 12.5 Å². The standard InChI is InChI=1S/C10H14ClFO/c1-3-6-13-8-5-4-7(2)10(12)9(8)11/h4-5,7,10H,3,6H2,1-2H3. The van der Waals surface area contributed by atoms with E-state index in [4.69, 9.17) is 16.3 Å². The van der Waals surface area contributed by atoms with E-state index in [1.807, 2.05) is 6.92 Å². The van der Waals surface area contributed by atoms with E-state index in [-0.39, 0.29) is 11.0 Å². The number of rotatable bonds is 3. The van der Waals surface area contributed by atoms with Gasteiger partial charge in [0, 0.05) is 5.92 Å². The first-order valence-corrected chi connectivity index (χ1v) is 4.89. The van der Waals surface area contributed by atoms with E-state index >= 15 is 0 Å². The van der Waals surface area contributed by atoms with E-state index in [1.54, 1.807) is 19.1 Å². The fourth-order valence-electron chi connectivity index (χ4n) is 1.11. The molecule has 0 amide bonds. The molecule has 1 aliphatic carbocycles. The van der Waals surface area contributed by atoms with Crippen LogP contribution in [0.1, 0.15) is 20.3 Å². The number of ether oxygens (including phenoxy) is 1. The van der Waals surface area contributed by atoms with Crippen LogP contribution in [0.15, 0.2) is 22.9 Å². The first kappa shape index (κ1) is 10.6. The van der Waals surface area contributed by atoms with Crippen molar-refractivity contribution in [2.75, 3.05) is 6.61 Å². The monoisotopic (exact) mass is 204 g/mol. The minimum atomic E-state index is -1.11. The Bertz CT molecular complexity index is 235. The molecule has 3 heteroatoms. The molecular weight excluding hydrogens is 191 g/mol.